The normalized spacial score (nSPS) is 35.3. The number of ether oxygens (including phenoxy) is 1. The van der Waals surface area contributed by atoms with Gasteiger partial charge in [-0.05, 0) is 75.2 Å². The van der Waals surface area contributed by atoms with Crippen LogP contribution in [0.1, 0.15) is 50.0 Å². The number of carbonyl (C=O) groups excluding carboxylic acids is 2. The molecule has 4 fully saturated rings. The molecule has 2 N–H and O–H groups in total. The number of hydrogen-bond acceptors (Lipinski definition) is 6. The molecule has 0 unspecified atom stereocenters. The number of piperidine rings is 1. The number of esters is 1. The number of hydrogen-bond donors (Lipinski definition) is 2. The molecule has 3 saturated carbocycles. The minimum atomic E-state index is -0.886. The Morgan fingerprint density at radius 3 is 2.74 bits per heavy atom. The van der Waals surface area contributed by atoms with Gasteiger partial charge in [-0.15, -0.1) is 0 Å². The van der Waals surface area contributed by atoms with Gasteiger partial charge in [0.05, 0.1) is 30.7 Å². The molecule has 0 aromatic carbocycles. The molecule has 4 aliphatic rings. The van der Waals surface area contributed by atoms with Crippen molar-refractivity contribution in [2.45, 2.75) is 58.2 Å². The summed E-state index contributed by atoms with van der Waals surface area (Å²) in [4.78, 5) is 26.3. The first-order valence-corrected chi connectivity index (χ1v) is 11.7. The summed E-state index contributed by atoms with van der Waals surface area (Å²) >= 11 is 0. The highest BCUT2D eigenvalue weighted by Gasteiger charge is 2.71. The molecule has 1 aliphatic heterocycles. The Labute approximate surface area is 181 Å². The van der Waals surface area contributed by atoms with Gasteiger partial charge >= 0.3 is 5.97 Å². The number of rotatable bonds is 7. The third-order valence-corrected chi connectivity index (χ3v) is 8.31. The zero-order valence-electron chi connectivity index (χ0n) is 18.1. The maximum absolute atomic E-state index is 14.0. The van der Waals surface area contributed by atoms with E-state index < -0.39 is 6.17 Å². The van der Waals surface area contributed by atoms with Gasteiger partial charge in [0.2, 0.25) is 5.91 Å². The molecule has 1 spiro atoms. The fraction of sp³-hybridized carbons (Fsp3) is 0.783. The Balaban J connectivity index is 1.22. The highest BCUT2D eigenvalue weighted by molar-refractivity contribution is 5.87. The summed E-state index contributed by atoms with van der Waals surface area (Å²) < 4.78 is 24.9. The van der Waals surface area contributed by atoms with E-state index in [0.717, 1.165) is 44.3 Å². The maximum atomic E-state index is 14.0. The molecule has 170 valence electrons. The van der Waals surface area contributed by atoms with Crippen molar-refractivity contribution in [3.05, 3.63) is 17.5 Å². The zero-order valence-corrected chi connectivity index (χ0v) is 18.1. The highest BCUT2D eigenvalue weighted by Crippen LogP contribution is 2.74. The standard InChI is InChI=1S/C23H32FN3O4/c1-13-10-15(31-27-13)11-26-21(28)19-16-2-3-17(23(16)6-7-23)20(19)22(29)30-9-5-14-4-8-25-12-18(14)24/h10,14,16-20,25H,2-9,11-12H2,1H3,(H,26,28)/t14-,16-,17+,18-,19+,20+/m0/s1. The number of carbonyl (C=O) groups is 2. The van der Waals surface area contributed by atoms with Gasteiger partial charge < -0.3 is 19.9 Å². The first-order chi connectivity index (χ1) is 15.0. The molecule has 0 radical (unpaired) electrons. The molecule has 2 heterocycles. The van der Waals surface area contributed by atoms with Crippen LogP contribution >= 0.6 is 0 Å². The van der Waals surface area contributed by atoms with Crippen molar-refractivity contribution in [3.63, 3.8) is 0 Å². The summed E-state index contributed by atoms with van der Waals surface area (Å²) in [6.07, 6.45) is 4.64. The number of aryl methyl sites for hydroxylation is 1. The van der Waals surface area contributed by atoms with Gasteiger partial charge in [0, 0.05) is 12.6 Å². The Hall–Kier alpha value is -1.96. The highest BCUT2D eigenvalue weighted by atomic mass is 19.1. The van der Waals surface area contributed by atoms with Crippen molar-refractivity contribution in [1.29, 1.82) is 0 Å². The Bertz CT molecular complexity index is 839. The van der Waals surface area contributed by atoms with E-state index >= 15 is 0 Å². The average Bonchev–Trinajstić information content (AvgIpc) is 3.24. The lowest BCUT2D eigenvalue weighted by atomic mass is 9.78. The lowest BCUT2D eigenvalue weighted by Gasteiger charge is -2.29. The van der Waals surface area contributed by atoms with Gasteiger partial charge in [-0.2, -0.15) is 0 Å². The third kappa shape index (κ3) is 3.77. The van der Waals surface area contributed by atoms with E-state index in [9.17, 15) is 14.0 Å². The minimum absolute atomic E-state index is 0.0617. The SMILES string of the molecule is Cc1cc(CNC(=O)[C@H]2[C@H](C(=O)OCC[C@@H]3CCNC[C@@H]3F)[C@H]3CC[C@@H]2C32CC2)on1. The van der Waals surface area contributed by atoms with E-state index in [4.69, 9.17) is 9.26 Å². The van der Waals surface area contributed by atoms with Gasteiger partial charge in [-0.1, -0.05) is 5.16 Å². The molecule has 1 saturated heterocycles. The van der Waals surface area contributed by atoms with Crippen molar-refractivity contribution in [3.8, 4) is 0 Å². The van der Waals surface area contributed by atoms with Crippen LogP contribution in [-0.2, 0) is 20.9 Å². The molecule has 1 aromatic heterocycles. The summed E-state index contributed by atoms with van der Waals surface area (Å²) in [5.74, 6) is -0.0369. The average molecular weight is 434 g/mol. The van der Waals surface area contributed by atoms with Crippen molar-refractivity contribution >= 4 is 11.9 Å². The van der Waals surface area contributed by atoms with E-state index in [2.05, 4.69) is 15.8 Å². The van der Waals surface area contributed by atoms with E-state index in [0.29, 0.717) is 18.7 Å². The number of nitrogens with one attached hydrogen (secondary N) is 2. The quantitative estimate of drug-likeness (QED) is 0.642. The molecule has 31 heavy (non-hydrogen) atoms. The molecule has 7 nitrogen and oxygen atoms in total. The van der Waals surface area contributed by atoms with Crippen molar-refractivity contribution in [1.82, 2.24) is 15.8 Å². The Kier molecular flexibility index (Phi) is 5.52. The van der Waals surface area contributed by atoms with Crippen LogP contribution in [0.2, 0.25) is 0 Å². The summed E-state index contributed by atoms with van der Waals surface area (Å²) in [7, 11) is 0. The van der Waals surface area contributed by atoms with Crippen molar-refractivity contribution in [2.24, 2.45) is 35.0 Å². The topological polar surface area (TPSA) is 93.5 Å². The zero-order chi connectivity index (χ0) is 21.6. The van der Waals surface area contributed by atoms with Crippen LogP contribution in [0.3, 0.4) is 0 Å². The van der Waals surface area contributed by atoms with Gasteiger partial charge in [0.15, 0.2) is 5.76 Å². The number of halogens is 1. The molecule has 2 bridgehead atoms. The minimum Gasteiger partial charge on any atom is -0.465 e. The molecular weight excluding hydrogens is 401 g/mol. The third-order valence-electron chi connectivity index (χ3n) is 8.31. The van der Waals surface area contributed by atoms with E-state index in [1.54, 1.807) is 6.07 Å². The van der Waals surface area contributed by atoms with Gasteiger partial charge in [0.25, 0.3) is 0 Å². The number of amides is 1. The van der Waals surface area contributed by atoms with Crippen LogP contribution in [-0.4, -0.2) is 42.9 Å². The lowest BCUT2D eigenvalue weighted by Crippen LogP contribution is -2.42. The summed E-state index contributed by atoms with van der Waals surface area (Å²) in [5, 5.41) is 9.87. The van der Waals surface area contributed by atoms with Crippen LogP contribution in [0.4, 0.5) is 4.39 Å². The van der Waals surface area contributed by atoms with Gasteiger partial charge in [-0.25, -0.2) is 4.39 Å². The molecule has 1 amide bonds. The fourth-order valence-corrected chi connectivity index (χ4v) is 6.73. The fourth-order valence-electron chi connectivity index (χ4n) is 6.73. The monoisotopic (exact) mass is 433 g/mol. The van der Waals surface area contributed by atoms with Crippen LogP contribution in [0.15, 0.2) is 10.6 Å². The predicted octanol–water partition coefficient (Wildman–Crippen LogP) is 2.53. The number of aromatic nitrogens is 1. The second-order valence-electron chi connectivity index (χ2n) is 9.95. The van der Waals surface area contributed by atoms with Crippen LogP contribution < -0.4 is 10.6 Å². The molecule has 5 rings (SSSR count). The summed E-state index contributed by atoms with van der Waals surface area (Å²) in [6.45, 7) is 3.52. The lowest BCUT2D eigenvalue weighted by molar-refractivity contribution is -0.156. The van der Waals surface area contributed by atoms with Crippen molar-refractivity contribution in [2.75, 3.05) is 19.7 Å². The van der Waals surface area contributed by atoms with Crippen LogP contribution in [0.5, 0.6) is 0 Å². The first kappa shape index (κ1) is 20.9. The molecule has 6 atom stereocenters. The number of nitrogens with zero attached hydrogens (tertiary/aromatic N) is 1. The second-order valence-corrected chi connectivity index (χ2v) is 9.95. The van der Waals surface area contributed by atoms with E-state index in [1.165, 1.54) is 0 Å². The smallest absolute Gasteiger partial charge is 0.310 e. The molecule has 1 aromatic rings. The molecule has 8 heteroatoms. The van der Waals surface area contributed by atoms with E-state index in [1.807, 2.05) is 6.92 Å². The van der Waals surface area contributed by atoms with Crippen LogP contribution in [0, 0.1) is 41.9 Å². The van der Waals surface area contributed by atoms with Gasteiger partial charge in [-0.3, -0.25) is 9.59 Å². The van der Waals surface area contributed by atoms with Crippen LogP contribution in [0.25, 0.3) is 0 Å². The first-order valence-electron chi connectivity index (χ1n) is 11.7. The molecule has 3 aliphatic carbocycles. The second kappa shape index (κ2) is 8.19. The predicted molar refractivity (Wildman–Crippen MR) is 109 cm³/mol. The molecular formula is C23H32FN3O4. The number of alkyl halides is 1. The Morgan fingerprint density at radius 1 is 1.29 bits per heavy atom. The Morgan fingerprint density at radius 2 is 2.06 bits per heavy atom. The van der Waals surface area contributed by atoms with E-state index in [-0.39, 0.29) is 60.0 Å². The summed E-state index contributed by atoms with van der Waals surface area (Å²) in [6, 6.07) is 1.80. The summed E-state index contributed by atoms with van der Waals surface area (Å²) in [5.41, 5.74) is 0.931. The van der Waals surface area contributed by atoms with Gasteiger partial charge in [0.1, 0.15) is 6.17 Å². The maximum Gasteiger partial charge on any atom is 0.310 e. The van der Waals surface area contributed by atoms with Crippen molar-refractivity contribution < 1.29 is 23.2 Å². The largest absolute Gasteiger partial charge is 0.465 e.